The first-order valence-electron chi connectivity index (χ1n) is 11.1. The molecule has 34 heavy (non-hydrogen) atoms. The molecule has 3 amide bonds. The minimum atomic E-state index is -0.360. The van der Waals surface area contributed by atoms with Crippen LogP contribution in [0.4, 0.5) is 19.3 Å². The van der Waals surface area contributed by atoms with Gasteiger partial charge in [-0.05, 0) is 48.0 Å². The molecule has 1 aliphatic rings. The van der Waals surface area contributed by atoms with Crippen LogP contribution in [0.2, 0.25) is 0 Å². The second kappa shape index (κ2) is 10.8. The standard InChI is InChI=1S/C26H25F2N3O3/c27-20-6-1-4-18(14-20)17-29-25(32)19-5-2-8-22(15-19)30-26(33)31-12-10-23(11-13-31)34-24-9-3-7-21(28)16-24/h1-9,14-16,23H,10-13,17H2,(H,29,32)(H,30,33). The van der Waals surface area contributed by atoms with Crippen LogP contribution in [0.15, 0.2) is 72.8 Å². The number of urea groups is 1. The minimum Gasteiger partial charge on any atom is -0.490 e. The second-order valence-corrected chi connectivity index (χ2v) is 8.09. The average Bonchev–Trinajstić information content (AvgIpc) is 2.83. The van der Waals surface area contributed by atoms with Crippen LogP contribution in [0.5, 0.6) is 5.75 Å². The fourth-order valence-electron chi connectivity index (χ4n) is 3.78. The van der Waals surface area contributed by atoms with E-state index in [2.05, 4.69) is 10.6 Å². The van der Waals surface area contributed by atoms with E-state index in [1.807, 2.05) is 0 Å². The second-order valence-electron chi connectivity index (χ2n) is 8.09. The van der Waals surface area contributed by atoms with Gasteiger partial charge in [0.1, 0.15) is 23.5 Å². The molecule has 0 spiro atoms. The van der Waals surface area contributed by atoms with Crippen molar-refractivity contribution in [1.82, 2.24) is 10.2 Å². The summed E-state index contributed by atoms with van der Waals surface area (Å²) in [7, 11) is 0. The number of benzene rings is 3. The van der Waals surface area contributed by atoms with Crippen molar-refractivity contribution < 1.29 is 23.1 Å². The van der Waals surface area contributed by atoms with E-state index in [4.69, 9.17) is 4.74 Å². The summed E-state index contributed by atoms with van der Waals surface area (Å²) in [5.74, 6) is -0.550. The summed E-state index contributed by atoms with van der Waals surface area (Å²) < 4.78 is 32.5. The molecule has 0 unspecified atom stereocenters. The van der Waals surface area contributed by atoms with E-state index in [1.165, 1.54) is 24.3 Å². The zero-order valence-electron chi connectivity index (χ0n) is 18.5. The van der Waals surface area contributed by atoms with E-state index in [0.29, 0.717) is 48.5 Å². The van der Waals surface area contributed by atoms with E-state index in [1.54, 1.807) is 53.4 Å². The van der Waals surface area contributed by atoms with Crippen molar-refractivity contribution in [3.05, 3.63) is 95.6 Å². The van der Waals surface area contributed by atoms with Gasteiger partial charge in [-0.1, -0.05) is 24.3 Å². The Balaban J connectivity index is 1.27. The highest BCUT2D eigenvalue weighted by Crippen LogP contribution is 2.21. The molecule has 0 aliphatic carbocycles. The first kappa shape index (κ1) is 23.2. The molecule has 8 heteroatoms. The van der Waals surface area contributed by atoms with Crippen molar-refractivity contribution in [2.75, 3.05) is 18.4 Å². The fraction of sp³-hybridized carbons (Fsp3) is 0.231. The molecular weight excluding hydrogens is 440 g/mol. The molecule has 0 atom stereocenters. The van der Waals surface area contributed by atoms with Crippen molar-refractivity contribution >= 4 is 17.6 Å². The van der Waals surface area contributed by atoms with Gasteiger partial charge in [0.2, 0.25) is 0 Å². The molecule has 0 saturated carbocycles. The van der Waals surface area contributed by atoms with Crippen molar-refractivity contribution in [2.45, 2.75) is 25.5 Å². The maximum absolute atomic E-state index is 13.3. The largest absolute Gasteiger partial charge is 0.490 e. The SMILES string of the molecule is O=C(NCc1cccc(F)c1)c1cccc(NC(=O)N2CCC(Oc3cccc(F)c3)CC2)c1. The summed E-state index contributed by atoms with van der Waals surface area (Å²) in [5.41, 5.74) is 1.54. The van der Waals surface area contributed by atoms with Crippen molar-refractivity contribution in [3.8, 4) is 5.75 Å². The predicted molar refractivity (Wildman–Crippen MR) is 125 cm³/mol. The summed E-state index contributed by atoms with van der Waals surface area (Å²) >= 11 is 0. The highest BCUT2D eigenvalue weighted by atomic mass is 19.1. The Hall–Kier alpha value is -3.94. The topological polar surface area (TPSA) is 70.7 Å². The van der Waals surface area contributed by atoms with Gasteiger partial charge >= 0.3 is 6.03 Å². The van der Waals surface area contributed by atoms with Gasteiger partial charge < -0.3 is 20.3 Å². The van der Waals surface area contributed by atoms with E-state index < -0.39 is 0 Å². The van der Waals surface area contributed by atoms with Crippen molar-refractivity contribution in [2.24, 2.45) is 0 Å². The van der Waals surface area contributed by atoms with E-state index in [-0.39, 0.29) is 36.2 Å². The number of piperidine rings is 1. The van der Waals surface area contributed by atoms with Gasteiger partial charge in [-0.25, -0.2) is 13.6 Å². The van der Waals surface area contributed by atoms with Gasteiger partial charge in [0.15, 0.2) is 0 Å². The fourth-order valence-corrected chi connectivity index (χ4v) is 3.78. The highest BCUT2D eigenvalue weighted by molar-refractivity contribution is 5.96. The molecule has 1 saturated heterocycles. The van der Waals surface area contributed by atoms with Gasteiger partial charge in [-0.3, -0.25) is 4.79 Å². The number of nitrogens with zero attached hydrogens (tertiary/aromatic N) is 1. The van der Waals surface area contributed by atoms with Crippen LogP contribution in [0.25, 0.3) is 0 Å². The van der Waals surface area contributed by atoms with E-state index in [0.717, 1.165) is 0 Å². The number of likely N-dealkylation sites (tertiary alicyclic amines) is 1. The number of anilines is 1. The number of rotatable bonds is 6. The first-order chi connectivity index (χ1) is 16.5. The van der Waals surface area contributed by atoms with Crippen LogP contribution >= 0.6 is 0 Å². The quantitative estimate of drug-likeness (QED) is 0.540. The molecular formula is C26H25F2N3O3. The zero-order chi connectivity index (χ0) is 23.9. The van der Waals surface area contributed by atoms with Crippen LogP contribution in [0.1, 0.15) is 28.8 Å². The van der Waals surface area contributed by atoms with Crippen molar-refractivity contribution in [3.63, 3.8) is 0 Å². The summed E-state index contributed by atoms with van der Waals surface area (Å²) in [6, 6.07) is 18.4. The number of nitrogens with one attached hydrogen (secondary N) is 2. The summed E-state index contributed by atoms with van der Waals surface area (Å²) in [6.45, 7) is 1.19. The van der Waals surface area contributed by atoms with Crippen LogP contribution < -0.4 is 15.4 Å². The molecule has 0 bridgehead atoms. The molecule has 1 fully saturated rings. The summed E-state index contributed by atoms with van der Waals surface area (Å²) in [5, 5.41) is 5.58. The maximum atomic E-state index is 13.3. The van der Waals surface area contributed by atoms with E-state index in [9.17, 15) is 18.4 Å². The Labute approximate surface area is 196 Å². The summed E-state index contributed by atoms with van der Waals surface area (Å²) in [6.07, 6.45) is 1.18. The Morgan fingerprint density at radius 1 is 0.912 bits per heavy atom. The molecule has 4 rings (SSSR count). The average molecular weight is 466 g/mol. The molecule has 0 radical (unpaired) electrons. The molecule has 6 nitrogen and oxygen atoms in total. The number of carbonyl (C=O) groups is 2. The first-order valence-corrected chi connectivity index (χ1v) is 11.1. The van der Waals surface area contributed by atoms with Crippen molar-refractivity contribution in [1.29, 1.82) is 0 Å². The van der Waals surface area contributed by atoms with Gasteiger partial charge in [-0.15, -0.1) is 0 Å². The zero-order valence-corrected chi connectivity index (χ0v) is 18.5. The lowest BCUT2D eigenvalue weighted by Crippen LogP contribution is -2.43. The lowest BCUT2D eigenvalue weighted by molar-refractivity contribution is 0.0950. The molecule has 176 valence electrons. The highest BCUT2D eigenvalue weighted by Gasteiger charge is 2.24. The molecule has 3 aromatic carbocycles. The maximum Gasteiger partial charge on any atom is 0.321 e. The lowest BCUT2D eigenvalue weighted by Gasteiger charge is -2.32. The number of ether oxygens (including phenoxy) is 1. The third-order valence-electron chi connectivity index (χ3n) is 5.55. The number of carbonyl (C=O) groups excluding carboxylic acids is 2. The van der Waals surface area contributed by atoms with Gasteiger partial charge in [0, 0.05) is 49.8 Å². The normalized spacial score (nSPS) is 13.9. The monoisotopic (exact) mass is 465 g/mol. The Morgan fingerprint density at radius 2 is 1.62 bits per heavy atom. The number of hydrogen-bond donors (Lipinski definition) is 2. The Kier molecular flexibility index (Phi) is 7.37. The molecule has 0 aromatic heterocycles. The van der Waals surface area contributed by atoms with Crippen LogP contribution in [0.3, 0.4) is 0 Å². The predicted octanol–water partition coefficient (Wildman–Crippen LogP) is 4.97. The third kappa shape index (κ3) is 6.31. The Bertz CT molecular complexity index is 1160. The smallest absolute Gasteiger partial charge is 0.321 e. The number of halogens is 2. The van der Waals surface area contributed by atoms with Gasteiger partial charge in [0.05, 0.1) is 0 Å². The number of hydrogen-bond acceptors (Lipinski definition) is 3. The van der Waals surface area contributed by atoms with Crippen LogP contribution in [-0.4, -0.2) is 36.0 Å². The Morgan fingerprint density at radius 3 is 2.35 bits per heavy atom. The molecule has 2 N–H and O–H groups in total. The number of amides is 3. The molecule has 1 aliphatic heterocycles. The lowest BCUT2D eigenvalue weighted by atomic mass is 10.1. The third-order valence-corrected chi connectivity index (χ3v) is 5.55. The van der Waals surface area contributed by atoms with Gasteiger partial charge in [-0.2, -0.15) is 0 Å². The summed E-state index contributed by atoms with van der Waals surface area (Å²) in [4.78, 5) is 26.9. The van der Waals surface area contributed by atoms with Gasteiger partial charge in [0.25, 0.3) is 5.91 Å². The van der Waals surface area contributed by atoms with Crippen LogP contribution in [0, 0.1) is 11.6 Å². The minimum absolute atomic E-state index is 0.0871. The van der Waals surface area contributed by atoms with E-state index >= 15 is 0 Å². The molecule has 3 aromatic rings. The molecule has 1 heterocycles. The van der Waals surface area contributed by atoms with Crippen LogP contribution in [-0.2, 0) is 6.54 Å².